The number of benzene rings is 2. The Morgan fingerprint density at radius 3 is 2.60 bits per heavy atom. The summed E-state index contributed by atoms with van der Waals surface area (Å²) < 4.78 is 13.1. The number of amides is 2. The molecule has 2 amide bonds. The second-order valence-corrected chi connectivity index (χ2v) is 6.12. The van der Waals surface area contributed by atoms with Gasteiger partial charge in [0.1, 0.15) is 5.82 Å². The first-order valence-electron chi connectivity index (χ1n) is 7.05. The molecule has 0 spiro atoms. The van der Waals surface area contributed by atoms with E-state index in [-0.39, 0.29) is 21.9 Å². The lowest BCUT2D eigenvalue weighted by atomic mass is 10.2. The number of hydrogen-bond donors (Lipinski definition) is 2. The summed E-state index contributed by atoms with van der Waals surface area (Å²) in [5, 5.41) is 13.7. The SMILES string of the molecule is Cc1cc(F)ccc1NC(=O)CSc1ccc(C(N)=O)cc1[N+](=O)[O-]. The van der Waals surface area contributed by atoms with E-state index in [2.05, 4.69) is 5.32 Å². The standard InChI is InChI=1S/C16H14FN3O4S/c1-9-6-11(17)3-4-12(9)19-15(21)8-25-14-5-2-10(16(18)22)7-13(14)20(23)24/h2-7H,8H2,1H3,(H2,18,22)(H,19,21). The lowest BCUT2D eigenvalue weighted by Crippen LogP contribution is -2.15. The van der Waals surface area contributed by atoms with E-state index in [1.807, 2.05) is 0 Å². The quantitative estimate of drug-likeness (QED) is 0.465. The average molecular weight is 363 g/mol. The lowest BCUT2D eigenvalue weighted by molar-refractivity contribution is -0.387. The van der Waals surface area contributed by atoms with Crippen molar-refractivity contribution < 1.29 is 18.9 Å². The molecule has 3 N–H and O–H groups in total. The van der Waals surface area contributed by atoms with Crippen LogP contribution in [-0.4, -0.2) is 22.5 Å². The highest BCUT2D eigenvalue weighted by Crippen LogP contribution is 2.30. The van der Waals surface area contributed by atoms with E-state index in [9.17, 15) is 24.1 Å². The number of nitrogens with one attached hydrogen (secondary N) is 1. The van der Waals surface area contributed by atoms with Crippen molar-refractivity contribution in [2.24, 2.45) is 5.73 Å². The van der Waals surface area contributed by atoms with Gasteiger partial charge in [0.15, 0.2) is 0 Å². The van der Waals surface area contributed by atoms with Crippen molar-refractivity contribution in [1.29, 1.82) is 0 Å². The van der Waals surface area contributed by atoms with E-state index in [4.69, 9.17) is 5.73 Å². The molecule has 9 heteroatoms. The molecule has 0 saturated carbocycles. The summed E-state index contributed by atoms with van der Waals surface area (Å²) in [5.41, 5.74) is 5.85. The summed E-state index contributed by atoms with van der Waals surface area (Å²) in [6.45, 7) is 1.65. The summed E-state index contributed by atoms with van der Waals surface area (Å²) in [4.78, 5) is 33.8. The van der Waals surface area contributed by atoms with Crippen molar-refractivity contribution in [1.82, 2.24) is 0 Å². The fourth-order valence-corrected chi connectivity index (χ4v) is 2.84. The van der Waals surface area contributed by atoms with Crippen LogP contribution in [0.1, 0.15) is 15.9 Å². The van der Waals surface area contributed by atoms with E-state index in [0.29, 0.717) is 11.3 Å². The number of anilines is 1. The average Bonchev–Trinajstić information content (AvgIpc) is 2.55. The van der Waals surface area contributed by atoms with Crippen LogP contribution in [0.5, 0.6) is 0 Å². The molecule has 0 aliphatic heterocycles. The van der Waals surface area contributed by atoms with Crippen LogP contribution in [0.3, 0.4) is 0 Å². The zero-order valence-corrected chi connectivity index (χ0v) is 13.9. The van der Waals surface area contributed by atoms with Gasteiger partial charge in [0.05, 0.1) is 15.6 Å². The summed E-state index contributed by atoms with van der Waals surface area (Å²) >= 11 is 0.952. The first kappa shape index (κ1) is 18.4. The molecule has 130 valence electrons. The van der Waals surface area contributed by atoms with Crippen LogP contribution in [-0.2, 0) is 4.79 Å². The molecule has 0 aromatic heterocycles. The molecule has 25 heavy (non-hydrogen) atoms. The zero-order chi connectivity index (χ0) is 18.6. The smallest absolute Gasteiger partial charge is 0.283 e. The Balaban J connectivity index is 2.08. The number of aryl methyl sites for hydroxylation is 1. The maximum atomic E-state index is 13.1. The number of nitro benzene ring substituents is 1. The summed E-state index contributed by atoms with van der Waals surface area (Å²) in [6.07, 6.45) is 0. The Kier molecular flexibility index (Phi) is 5.71. The number of hydrogen-bond acceptors (Lipinski definition) is 5. The van der Waals surface area contributed by atoms with Crippen molar-refractivity contribution in [2.75, 3.05) is 11.1 Å². The third-order valence-corrected chi connectivity index (χ3v) is 4.32. The largest absolute Gasteiger partial charge is 0.366 e. The van der Waals surface area contributed by atoms with Crippen LogP contribution in [0, 0.1) is 22.9 Å². The van der Waals surface area contributed by atoms with Gasteiger partial charge in [-0.3, -0.25) is 19.7 Å². The highest BCUT2D eigenvalue weighted by molar-refractivity contribution is 8.00. The number of carbonyl (C=O) groups excluding carboxylic acids is 2. The molecule has 0 heterocycles. The van der Waals surface area contributed by atoms with Crippen molar-refractivity contribution in [3.05, 3.63) is 63.5 Å². The number of rotatable bonds is 6. The highest BCUT2D eigenvalue weighted by Gasteiger charge is 2.18. The molecule has 0 radical (unpaired) electrons. The van der Waals surface area contributed by atoms with Crippen molar-refractivity contribution in [2.45, 2.75) is 11.8 Å². The van der Waals surface area contributed by atoms with Gasteiger partial charge in [-0.05, 0) is 42.8 Å². The maximum absolute atomic E-state index is 13.1. The molecular weight excluding hydrogens is 349 g/mol. The molecule has 0 bridgehead atoms. The number of nitro groups is 1. The molecule has 0 atom stereocenters. The molecule has 2 rings (SSSR count). The Hall–Kier alpha value is -2.94. The van der Waals surface area contributed by atoms with Gasteiger partial charge in [0.2, 0.25) is 11.8 Å². The fourth-order valence-electron chi connectivity index (χ4n) is 2.03. The van der Waals surface area contributed by atoms with Crippen LogP contribution >= 0.6 is 11.8 Å². The van der Waals surface area contributed by atoms with Gasteiger partial charge in [-0.2, -0.15) is 0 Å². The number of thioether (sulfide) groups is 1. The number of primary amides is 1. The van der Waals surface area contributed by atoms with Crippen LogP contribution in [0.15, 0.2) is 41.3 Å². The minimum Gasteiger partial charge on any atom is -0.366 e. The van der Waals surface area contributed by atoms with Gasteiger partial charge in [0, 0.05) is 17.3 Å². The number of nitrogens with zero attached hydrogens (tertiary/aromatic N) is 1. The van der Waals surface area contributed by atoms with Gasteiger partial charge in [-0.1, -0.05) is 0 Å². The lowest BCUT2D eigenvalue weighted by Gasteiger charge is -2.08. The van der Waals surface area contributed by atoms with Crippen molar-refractivity contribution in [3.63, 3.8) is 0 Å². The van der Waals surface area contributed by atoms with Gasteiger partial charge < -0.3 is 11.1 Å². The monoisotopic (exact) mass is 363 g/mol. The third-order valence-electron chi connectivity index (χ3n) is 3.26. The van der Waals surface area contributed by atoms with Gasteiger partial charge in [-0.15, -0.1) is 11.8 Å². The first-order chi connectivity index (χ1) is 11.8. The fraction of sp³-hybridized carbons (Fsp3) is 0.125. The molecule has 0 saturated heterocycles. The zero-order valence-electron chi connectivity index (χ0n) is 13.1. The first-order valence-corrected chi connectivity index (χ1v) is 8.03. The topological polar surface area (TPSA) is 115 Å². The van der Waals surface area contributed by atoms with Crippen LogP contribution in [0.2, 0.25) is 0 Å². The number of halogens is 1. The second kappa shape index (κ2) is 7.75. The molecule has 2 aromatic carbocycles. The van der Waals surface area contributed by atoms with Crippen LogP contribution in [0.4, 0.5) is 15.8 Å². The second-order valence-electron chi connectivity index (χ2n) is 5.10. The predicted molar refractivity (Wildman–Crippen MR) is 92.1 cm³/mol. The van der Waals surface area contributed by atoms with Crippen LogP contribution < -0.4 is 11.1 Å². The molecule has 0 aliphatic carbocycles. The van der Waals surface area contributed by atoms with E-state index >= 15 is 0 Å². The Morgan fingerprint density at radius 1 is 1.28 bits per heavy atom. The predicted octanol–water partition coefficient (Wildman–Crippen LogP) is 2.87. The van der Waals surface area contributed by atoms with E-state index in [0.717, 1.165) is 17.8 Å². The molecule has 0 fully saturated rings. The molecule has 7 nitrogen and oxygen atoms in total. The Labute approximate surface area is 146 Å². The van der Waals surface area contributed by atoms with E-state index in [1.165, 1.54) is 30.3 Å². The molecule has 0 unspecified atom stereocenters. The van der Waals surface area contributed by atoms with E-state index < -0.39 is 22.6 Å². The Bertz CT molecular complexity index is 857. The minimum absolute atomic E-state index is 0.0161. The normalized spacial score (nSPS) is 10.3. The highest BCUT2D eigenvalue weighted by atomic mass is 32.2. The number of carbonyl (C=O) groups is 2. The molecule has 0 aliphatic rings. The minimum atomic E-state index is -0.774. The summed E-state index contributed by atoms with van der Waals surface area (Å²) in [5.74, 6) is -1.67. The summed E-state index contributed by atoms with van der Waals surface area (Å²) in [6, 6.07) is 7.77. The van der Waals surface area contributed by atoms with Crippen LogP contribution in [0.25, 0.3) is 0 Å². The number of nitrogens with two attached hydrogens (primary N) is 1. The van der Waals surface area contributed by atoms with Gasteiger partial charge in [-0.25, -0.2) is 4.39 Å². The summed E-state index contributed by atoms with van der Waals surface area (Å²) in [7, 11) is 0. The molecular formula is C16H14FN3O4S. The van der Waals surface area contributed by atoms with Crippen molar-refractivity contribution >= 4 is 35.0 Å². The maximum Gasteiger partial charge on any atom is 0.283 e. The van der Waals surface area contributed by atoms with Gasteiger partial charge >= 0.3 is 0 Å². The van der Waals surface area contributed by atoms with Crippen molar-refractivity contribution in [3.8, 4) is 0 Å². The molecule has 2 aromatic rings. The van der Waals surface area contributed by atoms with E-state index in [1.54, 1.807) is 6.92 Å². The van der Waals surface area contributed by atoms with Gasteiger partial charge in [0.25, 0.3) is 5.69 Å². The third kappa shape index (κ3) is 4.77. The Morgan fingerprint density at radius 2 is 2.00 bits per heavy atom.